The molecular weight excluding hydrogens is 264 g/mol. The maximum atomic E-state index is 11.6. The van der Waals surface area contributed by atoms with Crippen molar-refractivity contribution in [2.75, 3.05) is 43.4 Å². The van der Waals surface area contributed by atoms with Crippen LogP contribution in [0.1, 0.15) is 11.6 Å². The van der Waals surface area contributed by atoms with Crippen LogP contribution in [0.3, 0.4) is 0 Å². The fourth-order valence-corrected chi connectivity index (χ4v) is 2.88. The number of carbonyl (C=O) groups excluding carboxylic acids is 1. The van der Waals surface area contributed by atoms with E-state index in [1.807, 2.05) is 12.1 Å². The van der Waals surface area contributed by atoms with Crippen molar-refractivity contribution in [3.8, 4) is 0 Å². The van der Waals surface area contributed by atoms with Gasteiger partial charge in [-0.2, -0.15) is 0 Å². The molecule has 2 aliphatic rings. The van der Waals surface area contributed by atoms with Gasteiger partial charge >= 0.3 is 0 Å². The number of benzene rings is 1. The summed E-state index contributed by atoms with van der Waals surface area (Å²) in [6.45, 7) is 3.91. The third-order valence-corrected chi connectivity index (χ3v) is 4.14. The molecule has 5 nitrogen and oxygen atoms in total. The van der Waals surface area contributed by atoms with Crippen LogP contribution in [0.5, 0.6) is 0 Å². The Bertz CT molecular complexity index is 526. The van der Waals surface area contributed by atoms with Crippen LogP contribution in [0, 0.1) is 0 Å². The molecule has 6 heteroatoms. The van der Waals surface area contributed by atoms with E-state index in [4.69, 9.17) is 17.3 Å². The molecule has 0 aromatic heterocycles. The van der Waals surface area contributed by atoms with Crippen molar-refractivity contribution < 1.29 is 4.79 Å². The van der Waals surface area contributed by atoms with Crippen LogP contribution in [0.25, 0.3) is 0 Å². The molecule has 0 radical (unpaired) electrons. The van der Waals surface area contributed by atoms with Crippen molar-refractivity contribution in [2.24, 2.45) is 5.73 Å². The lowest BCUT2D eigenvalue weighted by atomic mass is 10.1. The molecule has 0 aliphatic carbocycles. The number of rotatable bonds is 1. The van der Waals surface area contributed by atoms with Crippen LogP contribution >= 0.6 is 11.6 Å². The normalized spacial score (nSPS) is 23.4. The van der Waals surface area contributed by atoms with Crippen LogP contribution in [0.15, 0.2) is 12.1 Å². The highest BCUT2D eigenvalue weighted by Gasteiger charge is 2.29. The maximum absolute atomic E-state index is 11.6. The largest absolute Gasteiger partial charge is 0.368 e. The van der Waals surface area contributed by atoms with Gasteiger partial charge in [0.25, 0.3) is 0 Å². The summed E-state index contributed by atoms with van der Waals surface area (Å²) in [5, 5.41) is 3.47. The van der Waals surface area contributed by atoms with E-state index in [0.717, 1.165) is 43.1 Å². The molecule has 0 bridgehead atoms. The Kier molecular flexibility index (Phi) is 3.12. The molecule has 1 aromatic carbocycles. The van der Waals surface area contributed by atoms with E-state index in [-0.39, 0.29) is 5.91 Å². The van der Waals surface area contributed by atoms with Crippen molar-refractivity contribution in [2.45, 2.75) is 6.04 Å². The van der Waals surface area contributed by atoms with Crippen molar-refractivity contribution in [1.29, 1.82) is 0 Å². The first-order chi connectivity index (χ1) is 9.06. The van der Waals surface area contributed by atoms with Crippen molar-refractivity contribution in [1.82, 2.24) is 4.90 Å². The Balaban J connectivity index is 1.92. The zero-order valence-electron chi connectivity index (χ0n) is 10.8. The van der Waals surface area contributed by atoms with Gasteiger partial charge in [-0.05, 0) is 19.2 Å². The number of anilines is 2. The Morgan fingerprint density at radius 3 is 2.68 bits per heavy atom. The lowest BCUT2D eigenvalue weighted by Crippen LogP contribution is -2.44. The van der Waals surface area contributed by atoms with Gasteiger partial charge in [0.15, 0.2) is 0 Å². The van der Waals surface area contributed by atoms with E-state index in [0.29, 0.717) is 5.02 Å². The first-order valence-electron chi connectivity index (χ1n) is 6.39. The number of nitrogens with two attached hydrogens (primary N) is 1. The van der Waals surface area contributed by atoms with Gasteiger partial charge in [-0.25, -0.2) is 0 Å². The highest BCUT2D eigenvalue weighted by atomic mass is 35.5. The number of halogens is 1. The van der Waals surface area contributed by atoms with Gasteiger partial charge in [-0.15, -0.1) is 0 Å². The van der Waals surface area contributed by atoms with Gasteiger partial charge in [0.05, 0.1) is 10.7 Å². The minimum absolute atomic E-state index is 0.165. The van der Waals surface area contributed by atoms with Gasteiger partial charge in [-0.1, -0.05) is 11.6 Å². The lowest BCUT2D eigenvalue weighted by Gasteiger charge is -2.34. The van der Waals surface area contributed by atoms with Gasteiger partial charge in [0.1, 0.15) is 6.04 Å². The third kappa shape index (κ3) is 2.18. The van der Waals surface area contributed by atoms with Crippen molar-refractivity contribution in [3.05, 3.63) is 22.7 Å². The summed E-state index contributed by atoms with van der Waals surface area (Å²) in [5.41, 5.74) is 8.36. The fourth-order valence-electron chi connectivity index (χ4n) is 2.58. The molecule has 0 spiro atoms. The second-order valence-electron chi connectivity index (χ2n) is 5.15. The molecule has 1 saturated heterocycles. The number of nitrogens with zero attached hydrogens (tertiary/aromatic N) is 2. The topological polar surface area (TPSA) is 61.6 Å². The van der Waals surface area contributed by atoms with Crippen LogP contribution < -0.4 is 16.0 Å². The molecule has 1 aromatic rings. The summed E-state index contributed by atoms with van der Waals surface area (Å²) in [5.74, 6) is -0.165. The average Bonchev–Trinajstić information content (AvgIpc) is 2.66. The molecule has 0 saturated carbocycles. The van der Waals surface area contributed by atoms with E-state index in [1.54, 1.807) is 0 Å². The molecule has 1 unspecified atom stereocenters. The van der Waals surface area contributed by atoms with E-state index >= 15 is 0 Å². The van der Waals surface area contributed by atoms with Crippen molar-refractivity contribution in [3.63, 3.8) is 0 Å². The molecule has 2 aliphatic heterocycles. The Labute approximate surface area is 117 Å². The summed E-state index contributed by atoms with van der Waals surface area (Å²) < 4.78 is 0. The van der Waals surface area contributed by atoms with Crippen LogP contribution in [0.2, 0.25) is 5.02 Å². The number of hydrogen-bond donors (Lipinski definition) is 2. The molecule has 102 valence electrons. The highest BCUT2D eigenvalue weighted by Crippen LogP contribution is 2.38. The molecular formula is C13H17ClN4O. The average molecular weight is 281 g/mol. The second-order valence-corrected chi connectivity index (χ2v) is 5.56. The van der Waals surface area contributed by atoms with Gasteiger partial charge in [0, 0.05) is 37.4 Å². The number of carbonyl (C=O) groups is 1. The summed E-state index contributed by atoms with van der Waals surface area (Å²) in [7, 11) is 2.11. The quantitative estimate of drug-likeness (QED) is 0.807. The molecule has 3 rings (SSSR count). The number of fused-ring (bicyclic) bond motifs is 1. The maximum Gasteiger partial charge on any atom is 0.245 e. The lowest BCUT2D eigenvalue weighted by molar-refractivity contribution is -0.116. The SMILES string of the molecule is CN1CCN(c2cc3c(cc2Cl)C(N)C(=O)N3)CC1. The van der Waals surface area contributed by atoms with E-state index in [9.17, 15) is 4.79 Å². The molecule has 19 heavy (non-hydrogen) atoms. The van der Waals surface area contributed by atoms with Gasteiger partial charge in [0.2, 0.25) is 5.91 Å². The Hall–Kier alpha value is -1.30. The number of amides is 1. The first kappa shape index (κ1) is 12.7. The smallest absolute Gasteiger partial charge is 0.245 e. The third-order valence-electron chi connectivity index (χ3n) is 3.84. The standard InChI is InChI=1S/C13H17ClN4O/c1-17-2-4-18(5-3-17)11-7-10-8(6-9(11)14)12(15)13(19)16-10/h6-7,12H,2-5,15H2,1H3,(H,16,19). The number of nitrogens with one attached hydrogen (secondary N) is 1. The molecule has 1 atom stereocenters. The van der Waals surface area contributed by atoms with Gasteiger partial charge < -0.3 is 20.9 Å². The summed E-state index contributed by atoms with van der Waals surface area (Å²) in [6.07, 6.45) is 0. The van der Waals surface area contributed by atoms with Gasteiger partial charge in [-0.3, -0.25) is 4.79 Å². The molecule has 1 amide bonds. The molecule has 3 N–H and O–H groups in total. The predicted molar refractivity (Wildman–Crippen MR) is 76.7 cm³/mol. The fraction of sp³-hybridized carbons (Fsp3) is 0.462. The number of hydrogen-bond acceptors (Lipinski definition) is 4. The Morgan fingerprint density at radius 2 is 2.00 bits per heavy atom. The summed E-state index contributed by atoms with van der Waals surface area (Å²) in [4.78, 5) is 16.1. The van der Waals surface area contributed by atoms with Crippen LogP contribution in [0.4, 0.5) is 11.4 Å². The highest BCUT2D eigenvalue weighted by molar-refractivity contribution is 6.33. The van der Waals surface area contributed by atoms with E-state index in [2.05, 4.69) is 22.2 Å². The van der Waals surface area contributed by atoms with E-state index < -0.39 is 6.04 Å². The van der Waals surface area contributed by atoms with Crippen LogP contribution in [-0.2, 0) is 4.79 Å². The van der Waals surface area contributed by atoms with Crippen molar-refractivity contribution >= 4 is 28.9 Å². The first-order valence-corrected chi connectivity index (χ1v) is 6.77. The zero-order chi connectivity index (χ0) is 13.6. The molecule has 2 heterocycles. The summed E-state index contributed by atoms with van der Waals surface area (Å²) >= 11 is 6.34. The monoisotopic (exact) mass is 280 g/mol. The zero-order valence-corrected chi connectivity index (χ0v) is 11.6. The van der Waals surface area contributed by atoms with E-state index in [1.165, 1.54) is 0 Å². The Morgan fingerprint density at radius 1 is 1.32 bits per heavy atom. The number of piperazine rings is 1. The van der Waals surface area contributed by atoms with Crippen LogP contribution in [-0.4, -0.2) is 44.0 Å². The minimum atomic E-state index is -0.603. The number of likely N-dealkylation sites (N-methyl/N-ethyl adjacent to an activating group) is 1. The minimum Gasteiger partial charge on any atom is -0.368 e. The molecule has 1 fully saturated rings. The summed E-state index contributed by atoms with van der Waals surface area (Å²) in [6, 6.07) is 3.15. The second kappa shape index (κ2) is 4.67. The predicted octanol–water partition coefficient (Wildman–Crippen LogP) is 1.04.